The molecule has 1 aliphatic rings. The Morgan fingerprint density at radius 1 is 1.12 bits per heavy atom. The third kappa shape index (κ3) is 5.72. The number of benzene rings is 1. The Labute approximate surface area is 205 Å². The van der Waals surface area contributed by atoms with Crippen molar-refractivity contribution < 1.29 is 5.11 Å². The van der Waals surface area contributed by atoms with Gasteiger partial charge in [-0.25, -0.2) is 4.98 Å². The lowest BCUT2D eigenvalue weighted by Crippen LogP contribution is -2.47. The van der Waals surface area contributed by atoms with Crippen molar-refractivity contribution in [3.05, 3.63) is 63.6 Å². The first-order valence-corrected chi connectivity index (χ1v) is 11.7. The van der Waals surface area contributed by atoms with Crippen molar-refractivity contribution >= 4 is 44.8 Å². The topological polar surface area (TPSA) is 122 Å². The number of rotatable bonds is 8. The molecule has 0 radical (unpaired) electrons. The molecule has 1 aromatic carbocycles. The number of anilines is 5. The minimum atomic E-state index is -0.308. The maximum Gasteiger partial charge on any atom is 0.275 e. The van der Waals surface area contributed by atoms with Crippen LogP contribution in [0.4, 0.5) is 28.8 Å². The molecule has 0 saturated carbocycles. The van der Waals surface area contributed by atoms with Crippen molar-refractivity contribution in [2.75, 3.05) is 54.9 Å². The van der Waals surface area contributed by atoms with E-state index < -0.39 is 0 Å². The summed E-state index contributed by atoms with van der Waals surface area (Å²) in [5, 5.41) is 24.2. The number of hydrogen-bond acceptors (Lipinski definition) is 9. The van der Waals surface area contributed by atoms with Gasteiger partial charge in [0.2, 0.25) is 5.95 Å². The molecular weight excluding hydrogens is 500 g/mol. The van der Waals surface area contributed by atoms with Gasteiger partial charge in [0.25, 0.3) is 5.56 Å². The second kappa shape index (κ2) is 11.1. The molecule has 11 heteroatoms. The molecule has 3 heterocycles. The van der Waals surface area contributed by atoms with E-state index in [9.17, 15) is 4.79 Å². The second-order valence-corrected chi connectivity index (χ2v) is 8.61. The Hall–Kier alpha value is -3.46. The molecule has 1 fully saturated rings. The minimum absolute atomic E-state index is 0.0273. The highest BCUT2D eigenvalue weighted by atomic mass is 79.9. The lowest BCUT2D eigenvalue weighted by molar-refractivity contribution is 0.189. The standard InChI is InChI=1S/C23H25BrN8O2/c24-19-16-26-23(29-21(19)28-20-2-1-8-32(9-7-25)22(20)34)27-17-3-5-18(6-4-17)31-12-10-30(11-13-31)14-15-33/h1-6,8,16,33H,9-15H2,(H2,26,27,28,29). The van der Waals surface area contributed by atoms with Crippen molar-refractivity contribution in [1.29, 1.82) is 5.26 Å². The van der Waals surface area contributed by atoms with Gasteiger partial charge in [-0.05, 0) is 52.3 Å². The molecule has 0 amide bonds. The maximum absolute atomic E-state index is 12.5. The molecule has 4 rings (SSSR count). The van der Waals surface area contributed by atoms with Gasteiger partial charge in [0.15, 0.2) is 5.82 Å². The summed E-state index contributed by atoms with van der Waals surface area (Å²) in [6.07, 6.45) is 3.17. The summed E-state index contributed by atoms with van der Waals surface area (Å²) in [7, 11) is 0. The zero-order chi connectivity index (χ0) is 23.9. The van der Waals surface area contributed by atoms with Crippen LogP contribution in [0.15, 0.2) is 58.1 Å². The fourth-order valence-electron chi connectivity index (χ4n) is 3.73. The van der Waals surface area contributed by atoms with Gasteiger partial charge in [-0.3, -0.25) is 14.3 Å². The van der Waals surface area contributed by atoms with Crippen molar-refractivity contribution in [1.82, 2.24) is 19.4 Å². The molecule has 0 unspecified atom stereocenters. The maximum atomic E-state index is 12.5. The molecule has 3 N–H and O–H groups in total. The summed E-state index contributed by atoms with van der Waals surface area (Å²) in [5.41, 5.74) is 1.99. The second-order valence-electron chi connectivity index (χ2n) is 7.75. The Bertz CT molecular complexity index is 1220. The number of nitrogens with one attached hydrogen (secondary N) is 2. The fourth-order valence-corrected chi connectivity index (χ4v) is 4.02. The van der Waals surface area contributed by atoms with E-state index in [1.54, 1.807) is 24.5 Å². The monoisotopic (exact) mass is 524 g/mol. The van der Waals surface area contributed by atoms with E-state index >= 15 is 0 Å². The fraction of sp³-hybridized carbons (Fsp3) is 0.304. The van der Waals surface area contributed by atoms with Crippen molar-refractivity contribution in [2.24, 2.45) is 0 Å². The van der Waals surface area contributed by atoms with Crippen LogP contribution in [0.25, 0.3) is 0 Å². The van der Waals surface area contributed by atoms with Gasteiger partial charge in [-0.1, -0.05) is 0 Å². The molecule has 0 atom stereocenters. The molecule has 1 saturated heterocycles. The number of aromatic nitrogens is 3. The van der Waals surface area contributed by atoms with Gasteiger partial charge >= 0.3 is 0 Å². The molecule has 1 aliphatic heterocycles. The predicted molar refractivity (Wildman–Crippen MR) is 135 cm³/mol. The summed E-state index contributed by atoms with van der Waals surface area (Å²) in [6.45, 7) is 4.61. The van der Waals surface area contributed by atoms with Gasteiger partial charge in [0.05, 0.1) is 17.1 Å². The lowest BCUT2D eigenvalue weighted by atomic mass is 10.2. The summed E-state index contributed by atoms with van der Waals surface area (Å²) in [5.74, 6) is 0.811. The van der Waals surface area contributed by atoms with Crippen LogP contribution in [-0.4, -0.2) is 63.9 Å². The highest BCUT2D eigenvalue weighted by Crippen LogP contribution is 2.25. The Morgan fingerprint density at radius 3 is 2.59 bits per heavy atom. The van der Waals surface area contributed by atoms with Crippen LogP contribution in [0, 0.1) is 11.3 Å². The van der Waals surface area contributed by atoms with E-state index in [4.69, 9.17) is 10.4 Å². The highest BCUT2D eigenvalue weighted by molar-refractivity contribution is 9.10. The SMILES string of the molecule is N#CCn1cccc(Nc2nc(Nc3ccc(N4CCN(CCO)CC4)cc3)ncc2Br)c1=O. The van der Waals surface area contributed by atoms with Gasteiger partial charge in [0, 0.05) is 56.5 Å². The molecule has 0 spiro atoms. The number of β-amino-alcohol motifs (C(OH)–C–C–N with tert-alkyl or cyclic N) is 1. The summed E-state index contributed by atoms with van der Waals surface area (Å²) in [4.78, 5) is 25.9. The predicted octanol–water partition coefficient (Wildman–Crippen LogP) is 2.53. The van der Waals surface area contributed by atoms with Gasteiger partial charge in [-0.2, -0.15) is 10.2 Å². The van der Waals surface area contributed by atoms with Crippen LogP contribution in [0.5, 0.6) is 0 Å². The molecule has 176 valence electrons. The molecule has 2 aromatic heterocycles. The molecule has 0 bridgehead atoms. The molecular formula is C23H25BrN8O2. The van der Waals surface area contributed by atoms with E-state index in [2.05, 4.69) is 58.5 Å². The number of halogens is 1. The average molecular weight is 525 g/mol. The van der Waals surface area contributed by atoms with Gasteiger partial charge in [-0.15, -0.1) is 0 Å². The van der Waals surface area contributed by atoms with Crippen LogP contribution in [-0.2, 0) is 6.54 Å². The number of aliphatic hydroxyl groups is 1. The minimum Gasteiger partial charge on any atom is -0.395 e. The van der Waals surface area contributed by atoms with Crippen LogP contribution in [0.3, 0.4) is 0 Å². The summed E-state index contributed by atoms with van der Waals surface area (Å²) in [6, 6.07) is 13.4. The van der Waals surface area contributed by atoms with Crippen LogP contribution >= 0.6 is 15.9 Å². The largest absolute Gasteiger partial charge is 0.395 e. The number of nitriles is 1. The third-order valence-electron chi connectivity index (χ3n) is 5.54. The summed E-state index contributed by atoms with van der Waals surface area (Å²) >= 11 is 3.42. The van der Waals surface area contributed by atoms with Gasteiger partial charge < -0.3 is 20.6 Å². The summed E-state index contributed by atoms with van der Waals surface area (Å²) < 4.78 is 1.92. The third-order valence-corrected chi connectivity index (χ3v) is 6.12. The first kappa shape index (κ1) is 23.7. The van der Waals surface area contributed by atoms with E-state index in [1.165, 1.54) is 4.57 Å². The number of hydrogen-bond donors (Lipinski definition) is 3. The van der Waals surface area contributed by atoms with E-state index in [0.717, 1.165) is 44.1 Å². The Kier molecular flexibility index (Phi) is 7.74. The number of piperazine rings is 1. The van der Waals surface area contributed by atoms with Crippen molar-refractivity contribution in [2.45, 2.75) is 6.54 Å². The molecule has 34 heavy (non-hydrogen) atoms. The van der Waals surface area contributed by atoms with E-state index in [1.807, 2.05) is 18.2 Å². The van der Waals surface area contributed by atoms with Gasteiger partial charge in [0.1, 0.15) is 12.2 Å². The van der Waals surface area contributed by atoms with E-state index in [0.29, 0.717) is 21.9 Å². The quantitative estimate of drug-likeness (QED) is 0.407. The molecule has 10 nitrogen and oxygen atoms in total. The van der Waals surface area contributed by atoms with Crippen LogP contribution in [0.2, 0.25) is 0 Å². The smallest absolute Gasteiger partial charge is 0.275 e. The lowest BCUT2D eigenvalue weighted by Gasteiger charge is -2.35. The molecule has 3 aromatic rings. The highest BCUT2D eigenvalue weighted by Gasteiger charge is 2.16. The average Bonchev–Trinajstić information content (AvgIpc) is 2.85. The number of pyridine rings is 1. The van der Waals surface area contributed by atoms with Crippen molar-refractivity contribution in [3.8, 4) is 6.07 Å². The Morgan fingerprint density at radius 2 is 1.88 bits per heavy atom. The zero-order valence-corrected chi connectivity index (χ0v) is 20.1. The zero-order valence-electron chi connectivity index (χ0n) is 18.5. The van der Waals surface area contributed by atoms with E-state index in [-0.39, 0.29) is 18.7 Å². The van der Waals surface area contributed by atoms with Crippen LogP contribution in [0.1, 0.15) is 0 Å². The number of nitrogens with zero attached hydrogens (tertiary/aromatic N) is 6. The first-order chi connectivity index (χ1) is 16.6. The Balaban J connectivity index is 1.43. The molecule has 0 aliphatic carbocycles. The first-order valence-electron chi connectivity index (χ1n) is 10.9. The normalized spacial score (nSPS) is 14.0. The van der Waals surface area contributed by atoms with Crippen molar-refractivity contribution in [3.63, 3.8) is 0 Å². The number of aliphatic hydroxyl groups excluding tert-OH is 1. The van der Waals surface area contributed by atoms with Crippen LogP contribution < -0.4 is 21.1 Å².